The lowest BCUT2D eigenvalue weighted by atomic mass is 10.3. The first-order valence-corrected chi connectivity index (χ1v) is 7.48. The SMILES string of the molecule is Nc1ncnc(N(Cc2cccs2)C2CC2)c1Br. The molecule has 0 aromatic carbocycles. The third-order valence-electron chi connectivity index (χ3n) is 2.96. The van der Waals surface area contributed by atoms with E-state index >= 15 is 0 Å². The summed E-state index contributed by atoms with van der Waals surface area (Å²) in [6.07, 6.45) is 3.97. The van der Waals surface area contributed by atoms with Gasteiger partial charge >= 0.3 is 0 Å². The Bertz CT molecular complexity index is 539. The summed E-state index contributed by atoms with van der Waals surface area (Å²) >= 11 is 5.26. The molecule has 3 rings (SSSR count). The fraction of sp³-hybridized carbons (Fsp3) is 0.333. The molecular formula is C12H13BrN4S. The number of aromatic nitrogens is 2. The number of rotatable bonds is 4. The largest absolute Gasteiger partial charge is 0.383 e. The van der Waals surface area contributed by atoms with Gasteiger partial charge in [-0.05, 0) is 40.2 Å². The van der Waals surface area contributed by atoms with E-state index in [9.17, 15) is 0 Å². The second kappa shape index (κ2) is 4.85. The van der Waals surface area contributed by atoms with E-state index in [-0.39, 0.29) is 0 Å². The minimum Gasteiger partial charge on any atom is -0.383 e. The molecule has 1 saturated carbocycles. The summed E-state index contributed by atoms with van der Waals surface area (Å²) in [4.78, 5) is 12.0. The summed E-state index contributed by atoms with van der Waals surface area (Å²) in [6, 6.07) is 4.81. The third-order valence-corrected chi connectivity index (χ3v) is 4.59. The van der Waals surface area contributed by atoms with Gasteiger partial charge in [0, 0.05) is 10.9 Å². The summed E-state index contributed by atoms with van der Waals surface area (Å²) in [7, 11) is 0. The number of nitrogens with zero attached hydrogens (tertiary/aromatic N) is 3. The summed E-state index contributed by atoms with van der Waals surface area (Å²) in [5.74, 6) is 1.40. The molecule has 2 N–H and O–H groups in total. The van der Waals surface area contributed by atoms with E-state index in [0.29, 0.717) is 11.9 Å². The standard InChI is InChI=1S/C12H13BrN4S/c13-10-11(14)15-7-16-12(10)17(8-3-4-8)6-9-2-1-5-18-9/h1-2,5,7-8H,3-4,6H2,(H2,14,15,16). The first-order chi connectivity index (χ1) is 8.75. The molecule has 0 atom stereocenters. The van der Waals surface area contributed by atoms with Crippen molar-refractivity contribution in [1.82, 2.24) is 9.97 Å². The molecule has 4 nitrogen and oxygen atoms in total. The highest BCUT2D eigenvalue weighted by atomic mass is 79.9. The first kappa shape index (κ1) is 11.9. The number of anilines is 2. The van der Waals surface area contributed by atoms with Gasteiger partial charge in [-0.1, -0.05) is 6.07 Å². The molecule has 0 aliphatic heterocycles. The van der Waals surface area contributed by atoms with Crippen LogP contribution in [0.1, 0.15) is 17.7 Å². The van der Waals surface area contributed by atoms with Gasteiger partial charge in [-0.25, -0.2) is 9.97 Å². The van der Waals surface area contributed by atoms with Crippen molar-refractivity contribution in [3.05, 3.63) is 33.2 Å². The number of halogens is 1. The monoisotopic (exact) mass is 324 g/mol. The highest BCUT2D eigenvalue weighted by Gasteiger charge is 2.31. The summed E-state index contributed by atoms with van der Waals surface area (Å²) in [6.45, 7) is 0.886. The van der Waals surface area contributed by atoms with E-state index in [2.05, 4.69) is 48.3 Å². The molecule has 1 fully saturated rings. The fourth-order valence-electron chi connectivity index (χ4n) is 1.91. The minimum atomic E-state index is 0.497. The highest BCUT2D eigenvalue weighted by Crippen LogP contribution is 2.37. The van der Waals surface area contributed by atoms with Crippen molar-refractivity contribution in [2.75, 3.05) is 10.6 Å². The van der Waals surface area contributed by atoms with Gasteiger partial charge in [-0.15, -0.1) is 11.3 Å². The number of thiophene rings is 1. The second-order valence-electron chi connectivity index (χ2n) is 4.33. The van der Waals surface area contributed by atoms with E-state index < -0.39 is 0 Å². The van der Waals surface area contributed by atoms with Gasteiger partial charge in [-0.3, -0.25) is 0 Å². The van der Waals surface area contributed by atoms with Crippen LogP contribution >= 0.6 is 27.3 Å². The predicted octanol–water partition coefficient (Wildman–Crippen LogP) is 3.05. The van der Waals surface area contributed by atoms with Crippen LogP contribution in [-0.4, -0.2) is 16.0 Å². The van der Waals surface area contributed by atoms with Crippen molar-refractivity contribution in [2.45, 2.75) is 25.4 Å². The average molecular weight is 325 g/mol. The van der Waals surface area contributed by atoms with Crippen molar-refractivity contribution in [3.63, 3.8) is 0 Å². The van der Waals surface area contributed by atoms with E-state index in [1.54, 1.807) is 11.3 Å². The van der Waals surface area contributed by atoms with Crippen LogP contribution < -0.4 is 10.6 Å². The van der Waals surface area contributed by atoms with Crippen molar-refractivity contribution in [1.29, 1.82) is 0 Å². The van der Waals surface area contributed by atoms with Gasteiger partial charge < -0.3 is 10.6 Å². The average Bonchev–Trinajstić information content (AvgIpc) is 3.08. The van der Waals surface area contributed by atoms with E-state index in [4.69, 9.17) is 5.73 Å². The van der Waals surface area contributed by atoms with E-state index in [0.717, 1.165) is 16.8 Å². The third kappa shape index (κ3) is 2.35. The zero-order valence-electron chi connectivity index (χ0n) is 9.71. The van der Waals surface area contributed by atoms with Crippen LogP contribution in [0.2, 0.25) is 0 Å². The summed E-state index contributed by atoms with van der Waals surface area (Å²) < 4.78 is 0.799. The zero-order valence-corrected chi connectivity index (χ0v) is 12.1. The molecule has 6 heteroatoms. The Balaban J connectivity index is 1.91. The first-order valence-electron chi connectivity index (χ1n) is 5.80. The zero-order chi connectivity index (χ0) is 12.5. The molecular weight excluding hydrogens is 312 g/mol. The van der Waals surface area contributed by atoms with Crippen LogP contribution in [0.4, 0.5) is 11.6 Å². The van der Waals surface area contributed by atoms with Gasteiger partial charge in [0.05, 0.1) is 6.54 Å². The number of hydrogen-bond acceptors (Lipinski definition) is 5. The Morgan fingerprint density at radius 1 is 1.44 bits per heavy atom. The van der Waals surface area contributed by atoms with E-state index in [1.807, 2.05) is 0 Å². The highest BCUT2D eigenvalue weighted by molar-refractivity contribution is 9.10. The van der Waals surface area contributed by atoms with Crippen molar-refractivity contribution in [2.24, 2.45) is 0 Å². The van der Waals surface area contributed by atoms with Gasteiger partial charge in [0.25, 0.3) is 0 Å². The molecule has 2 aromatic heterocycles. The smallest absolute Gasteiger partial charge is 0.149 e. The van der Waals surface area contributed by atoms with Crippen LogP contribution in [-0.2, 0) is 6.54 Å². The molecule has 0 radical (unpaired) electrons. The molecule has 18 heavy (non-hydrogen) atoms. The van der Waals surface area contributed by atoms with Crippen LogP contribution in [0.3, 0.4) is 0 Å². The number of hydrogen-bond donors (Lipinski definition) is 1. The Kier molecular flexibility index (Phi) is 3.22. The molecule has 94 valence electrons. The molecule has 2 aromatic rings. The molecule has 1 aliphatic rings. The van der Waals surface area contributed by atoms with Crippen molar-refractivity contribution >= 4 is 38.9 Å². The molecule has 0 bridgehead atoms. The van der Waals surface area contributed by atoms with Crippen molar-refractivity contribution < 1.29 is 0 Å². The maximum absolute atomic E-state index is 5.83. The lowest BCUT2D eigenvalue weighted by Crippen LogP contribution is -2.26. The van der Waals surface area contributed by atoms with Crippen LogP contribution in [0.15, 0.2) is 28.3 Å². The Morgan fingerprint density at radius 2 is 2.28 bits per heavy atom. The lowest BCUT2D eigenvalue weighted by molar-refractivity contribution is 0.781. The summed E-state index contributed by atoms with van der Waals surface area (Å²) in [5.41, 5.74) is 5.83. The molecule has 1 aliphatic carbocycles. The maximum atomic E-state index is 5.83. The molecule has 0 amide bonds. The van der Waals surface area contributed by atoms with Gasteiger partial charge in [0.2, 0.25) is 0 Å². The normalized spacial score (nSPS) is 14.7. The molecule has 0 unspecified atom stereocenters. The second-order valence-corrected chi connectivity index (χ2v) is 6.16. The maximum Gasteiger partial charge on any atom is 0.149 e. The molecule has 0 saturated heterocycles. The minimum absolute atomic E-state index is 0.497. The van der Waals surface area contributed by atoms with E-state index in [1.165, 1.54) is 24.0 Å². The topological polar surface area (TPSA) is 55.0 Å². The Labute approximate surface area is 118 Å². The van der Waals surface area contributed by atoms with Crippen molar-refractivity contribution in [3.8, 4) is 0 Å². The van der Waals surface area contributed by atoms with Gasteiger partial charge in [0.1, 0.15) is 22.4 Å². The van der Waals surface area contributed by atoms with Gasteiger partial charge in [-0.2, -0.15) is 0 Å². The Hall–Kier alpha value is -1.14. The number of nitrogen functional groups attached to an aromatic ring is 1. The van der Waals surface area contributed by atoms with Gasteiger partial charge in [0.15, 0.2) is 0 Å². The molecule has 2 heterocycles. The van der Waals surface area contributed by atoms with Crippen LogP contribution in [0.25, 0.3) is 0 Å². The predicted molar refractivity (Wildman–Crippen MR) is 77.7 cm³/mol. The fourth-order valence-corrected chi connectivity index (χ4v) is 3.04. The molecule has 0 spiro atoms. The Morgan fingerprint density at radius 3 is 2.94 bits per heavy atom. The quantitative estimate of drug-likeness (QED) is 0.939. The lowest BCUT2D eigenvalue weighted by Gasteiger charge is -2.24. The summed E-state index contributed by atoms with van der Waals surface area (Å²) in [5, 5.41) is 2.10. The van der Waals surface area contributed by atoms with Crippen LogP contribution in [0, 0.1) is 0 Å². The number of nitrogens with two attached hydrogens (primary N) is 1. The van der Waals surface area contributed by atoms with Crippen LogP contribution in [0.5, 0.6) is 0 Å².